The molecular formula is C13H27N3S. The molecule has 0 bridgehead atoms. The molecule has 0 fully saturated rings. The van der Waals surface area contributed by atoms with E-state index in [1.165, 1.54) is 19.3 Å². The number of nitrogens with one attached hydrogen (secondary N) is 1. The van der Waals surface area contributed by atoms with Crippen molar-refractivity contribution in [1.29, 1.82) is 0 Å². The van der Waals surface area contributed by atoms with Crippen molar-refractivity contribution in [3.8, 4) is 0 Å². The van der Waals surface area contributed by atoms with Gasteiger partial charge in [-0.25, -0.2) is 0 Å². The molecule has 1 aliphatic heterocycles. The van der Waals surface area contributed by atoms with Gasteiger partial charge in [-0.3, -0.25) is 4.99 Å². The molecule has 1 aliphatic rings. The zero-order valence-corrected chi connectivity index (χ0v) is 12.5. The molecule has 1 rings (SSSR count). The average molecular weight is 257 g/mol. The highest BCUT2D eigenvalue weighted by atomic mass is 32.2. The van der Waals surface area contributed by atoms with Gasteiger partial charge in [0.15, 0.2) is 5.17 Å². The summed E-state index contributed by atoms with van der Waals surface area (Å²) in [6.45, 7) is 9.92. The molecule has 100 valence electrons. The monoisotopic (exact) mass is 257 g/mol. The number of thioether (sulfide) groups is 1. The third kappa shape index (κ3) is 5.77. The average Bonchev–Trinajstić information content (AvgIpc) is 2.72. The van der Waals surface area contributed by atoms with Crippen LogP contribution >= 0.6 is 11.8 Å². The minimum Gasteiger partial charge on any atom is -0.365 e. The van der Waals surface area contributed by atoms with E-state index in [4.69, 9.17) is 0 Å². The van der Waals surface area contributed by atoms with E-state index in [9.17, 15) is 0 Å². The molecule has 4 heteroatoms. The number of rotatable bonds is 7. The minimum absolute atomic E-state index is 0.641. The van der Waals surface area contributed by atoms with Crippen molar-refractivity contribution in [2.24, 2.45) is 4.99 Å². The maximum Gasteiger partial charge on any atom is 0.156 e. The van der Waals surface area contributed by atoms with Crippen molar-refractivity contribution in [2.75, 3.05) is 26.7 Å². The van der Waals surface area contributed by atoms with E-state index in [2.05, 4.69) is 43.0 Å². The van der Waals surface area contributed by atoms with Gasteiger partial charge in [0, 0.05) is 17.8 Å². The van der Waals surface area contributed by atoms with Gasteiger partial charge in [0.05, 0.1) is 6.54 Å². The van der Waals surface area contributed by atoms with Crippen LogP contribution in [0.15, 0.2) is 4.99 Å². The molecule has 0 aromatic rings. The Labute approximate surface area is 110 Å². The van der Waals surface area contributed by atoms with Gasteiger partial charge in [-0.05, 0) is 40.3 Å². The van der Waals surface area contributed by atoms with Crippen LogP contribution in [-0.4, -0.2) is 48.0 Å². The molecule has 1 heterocycles. The second-order valence-electron chi connectivity index (χ2n) is 5.03. The Morgan fingerprint density at radius 2 is 2.29 bits per heavy atom. The molecule has 0 aromatic heterocycles. The summed E-state index contributed by atoms with van der Waals surface area (Å²) in [6, 6.07) is 0.641. The molecule has 1 atom stereocenters. The molecule has 0 saturated carbocycles. The molecule has 17 heavy (non-hydrogen) atoms. The summed E-state index contributed by atoms with van der Waals surface area (Å²) in [5.41, 5.74) is 0. The molecule has 0 radical (unpaired) electrons. The Balaban J connectivity index is 2.04. The summed E-state index contributed by atoms with van der Waals surface area (Å²) in [5, 5.41) is 5.34. The van der Waals surface area contributed by atoms with Crippen LogP contribution in [0.25, 0.3) is 0 Å². The summed E-state index contributed by atoms with van der Waals surface area (Å²) >= 11 is 1.93. The van der Waals surface area contributed by atoms with Crippen molar-refractivity contribution in [2.45, 2.75) is 51.3 Å². The number of aliphatic imine (C=N–C) groups is 1. The minimum atomic E-state index is 0.641. The van der Waals surface area contributed by atoms with E-state index in [-0.39, 0.29) is 0 Å². The molecular weight excluding hydrogens is 230 g/mol. The maximum atomic E-state index is 4.54. The zero-order valence-electron chi connectivity index (χ0n) is 11.7. The Bertz CT molecular complexity index is 241. The molecule has 0 aromatic carbocycles. The first kappa shape index (κ1) is 14.8. The normalized spacial score (nSPS) is 20.1. The SMILES string of the molecule is CCCC1CN=C(NCCCN(C)C(C)C)S1. The van der Waals surface area contributed by atoms with Gasteiger partial charge < -0.3 is 10.2 Å². The first-order valence-electron chi connectivity index (χ1n) is 6.78. The number of amidine groups is 1. The predicted octanol–water partition coefficient (Wildman–Crippen LogP) is 2.58. The standard InChI is InChI=1S/C13H27N3S/c1-5-7-12-10-15-13(17-12)14-8-6-9-16(4)11(2)3/h11-12H,5-10H2,1-4H3,(H,14,15). The summed E-state index contributed by atoms with van der Waals surface area (Å²) < 4.78 is 0. The highest BCUT2D eigenvalue weighted by Crippen LogP contribution is 2.23. The highest BCUT2D eigenvalue weighted by Gasteiger charge is 2.17. The molecule has 3 nitrogen and oxygen atoms in total. The van der Waals surface area contributed by atoms with Gasteiger partial charge in [-0.1, -0.05) is 25.1 Å². The fourth-order valence-corrected chi connectivity index (χ4v) is 2.92. The second-order valence-corrected chi connectivity index (χ2v) is 6.32. The lowest BCUT2D eigenvalue weighted by Crippen LogP contribution is -2.30. The van der Waals surface area contributed by atoms with Gasteiger partial charge in [-0.2, -0.15) is 0 Å². The third-order valence-electron chi connectivity index (χ3n) is 3.17. The van der Waals surface area contributed by atoms with Crippen molar-refractivity contribution in [1.82, 2.24) is 10.2 Å². The van der Waals surface area contributed by atoms with E-state index >= 15 is 0 Å². The van der Waals surface area contributed by atoms with Crippen LogP contribution in [0.3, 0.4) is 0 Å². The smallest absolute Gasteiger partial charge is 0.156 e. The third-order valence-corrected chi connectivity index (χ3v) is 4.39. The maximum absolute atomic E-state index is 4.54. The first-order valence-corrected chi connectivity index (χ1v) is 7.66. The summed E-state index contributed by atoms with van der Waals surface area (Å²) in [7, 11) is 2.18. The predicted molar refractivity (Wildman–Crippen MR) is 79.0 cm³/mol. The Morgan fingerprint density at radius 3 is 2.94 bits per heavy atom. The number of nitrogens with zero attached hydrogens (tertiary/aromatic N) is 2. The van der Waals surface area contributed by atoms with Crippen molar-refractivity contribution in [3.63, 3.8) is 0 Å². The van der Waals surface area contributed by atoms with Gasteiger partial charge in [0.2, 0.25) is 0 Å². The van der Waals surface area contributed by atoms with Crippen LogP contribution in [0.5, 0.6) is 0 Å². The van der Waals surface area contributed by atoms with Crippen LogP contribution in [0, 0.1) is 0 Å². The number of hydrogen-bond acceptors (Lipinski definition) is 4. The van der Waals surface area contributed by atoms with Gasteiger partial charge in [0.1, 0.15) is 0 Å². The van der Waals surface area contributed by atoms with E-state index in [1.54, 1.807) is 0 Å². The lowest BCUT2D eigenvalue weighted by molar-refractivity contribution is 0.271. The van der Waals surface area contributed by atoms with Crippen LogP contribution in [0.1, 0.15) is 40.0 Å². The van der Waals surface area contributed by atoms with Crippen LogP contribution in [0.2, 0.25) is 0 Å². The fourth-order valence-electron chi connectivity index (χ4n) is 1.77. The lowest BCUT2D eigenvalue weighted by Gasteiger charge is -2.20. The van der Waals surface area contributed by atoms with Gasteiger partial charge in [0.25, 0.3) is 0 Å². The van der Waals surface area contributed by atoms with Crippen LogP contribution in [0.4, 0.5) is 0 Å². The quantitative estimate of drug-likeness (QED) is 0.710. The van der Waals surface area contributed by atoms with E-state index in [1.807, 2.05) is 11.8 Å². The fraction of sp³-hybridized carbons (Fsp3) is 0.923. The molecule has 0 spiro atoms. The molecule has 0 aliphatic carbocycles. The van der Waals surface area contributed by atoms with E-state index in [0.29, 0.717) is 6.04 Å². The van der Waals surface area contributed by atoms with Gasteiger partial charge in [-0.15, -0.1) is 0 Å². The second kappa shape index (κ2) is 7.98. The first-order chi connectivity index (χ1) is 8.13. The van der Waals surface area contributed by atoms with Crippen molar-refractivity contribution in [3.05, 3.63) is 0 Å². The molecule has 0 amide bonds. The molecule has 1 unspecified atom stereocenters. The lowest BCUT2D eigenvalue weighted by atomic mass is 10.2. The highest BCUT2D eigenvalue weighted by molar-refractivity contribution is 8.14. The Hall–Kier alpha value is -0.220. The van der Waals surface area contributed by atoms with Gasteiger partial charge >= 0.3 is 0 Å². The zero-order chi connectivity index (χ0) is 12.7. The molecule has 0 saturated heterocycles. The topological polar surface area (TPSA) is 27.6 Å². The van der Waals surface area contributed by atoms with Crippen molar-refractivity contribution >= 4 is 16.9 Å². The largest absolute Gasteiger partial charge is 0.365 e. The van der Waals surface area contributed by atoms with E-state index in [0.717, 1.165) is 30.1 Å². The summed E-state index contributed by atoms with van der Waals surface area (Å²) in [6.07, 6.45) is 3.74. The Morgan fingerprint density at radius 1 is 1.53 bits per heavy atom. The van der Waals surface area contributed by atoms with Crippen molar-refractivity contribution < 1.29 is 0 Å². The van der Waals surface area contributed by atoms with Crippen LogP contribution < -0.4 is 5.32 Å². The number of hydrogen-bond donors (Lipinski definition) is 1. The van der Waals surface area contributed by atoms with E-state index < -0.39 is 0 Å². The summed E-state index contributed by atoms with van der Waals surface area (Å²) in [4.78, 5) is 6.92. The Kier molecular flexibility index (Phi) is 6.97. The summed E-state index contributed by atoms with van der Waals surface area (Å²) in [5.74, 6) is 0. The molecule has 1 N–H and O–H groups in total. The van der Waals surface area contributed by atoms with Crippen LogP contribution in [-0.2, 0) is 0 Å².